The number of hydrogen-bond donors (Lipinski definition) is 1. The molecule has 3 rings (SSSR count). The van der Waals surface area contributed by atoms with Gasteiger partial charge >= 0.3 is 0 Å². The van der Waals surface area contributed by atoms with Crippen molar-refractivity contribution in [2.24, 2.45) is 0 Å². The second-order valence-electron chi connectivity index (χ2n) is 4.86. The van der Waals surface area contributed by atoms with E-state index in [0.717, 1.165) is 15.4 Å². The Kier molecular flexibility index (Phi) is 4.27. The zero-order valence-electron chi connectivity index (χ0n) is 11.9. The number of carbonyl (C=O) groups is 1. The molecular weight excluding hydrogens is 346 g/mol. The summed E-state index contributed by atoms with van der Waals surface area (Å²) in [5.41, 5.74) is 2.37. The summed E-state index contributed by atoms with van der Waals surface area (Å²) in [6.45, 7) is 0.501. The van der Waals surface area contributed by atoms with E-state index in [2.05, 4.69) is 21.2 Å². The molecule has 3 aromatic rings. The number of hydrogen-bond acceptors (Lipinski definition) is 3. The number of furan rings is 1. The van der Waals surface area contributed by atoms with Gasteiger partial charge in [0.05, 0.1) is 11.1 Å². The third kappa shape index (κ3) is 3.05. The lowest BCUT2D eigenvalue weighted by Crippen LogP contribution is -2.10. The largest absolute Gasteiger partial charge is 0.450 e. The minimum atomic E-state index is -0.280. The molecular formula is C17H14BrNO3. The van der Waals surface area contributed by atoms with Gasteiger partial charge < -0.3 is 14.5 Å². The Morgan fingerprint density at radius 3 is 2.82 bits per heavy atom. The molecule has 1 heterocycles. The van der Waals surface area contributed by atoms with Crippen molar-refractivity contribution in [3.05, 3.63) is 64.3 Å². The number of halogens is 1. The highest BCUT2D eigenvalue weighted by Gasteiger charge is 2.14. The van der Waals surface area contributed by atoms with Gasteiger partial charge in [-0.2, -0.15) is 0 Å². The number of carbonyl (C=O) groups excluding carboxylic acids is 1. The average molecular weight is 360 g/mol. The first-order valence-electron chi connectivity index (χ1n) is 6.74. The van der Waals surface area contributed by atoms with Crippen LogP contribution in [0.5, 0.6) is 0 Å². The lowest BCUT2D eigenvalue weighted by molar-refractivity contribution is 0.0998. The SMILES string of the molecule is COCc1cccc(NC(=O)c2cc3cccc(Br)c3o2)c1. The molecule has 22 heavy (non-hydrogen) atoms. The molecule has 0 aliphatic heterocycles. The standard InChI is InChI=1S/C17H14BrNO3/c1-21-10-11-4-2-6-13(8-11)19-17(20)15-9-12-5-3-7-14(18)16(12)22-15/h2-9H,10H2,1H3,(H,19,20). The summed E-state index contributed by atoms with van der Waals surface area (Å²) in [6.07, 6.45) is 0. The fourth-order valence-electron chi connectivity index (χ4n) is 2.24. The number of anilines is 1. The van der Waals surface area contributed by atoms with Gasteiger partial charge in [0.15, 0.2) is 5.76 Å². The molecule has 112 valence electrons. The summed E-state index contributed by atoms with van der Waals surface area (Å²) in [6, 6.07) is 14.9. The highest BCUT2D eigenvalue weighted by atomic mass is 79.9. The maximum absolute atomic E-state index is 12.3. The third-order valence-corrected chi connectivity index (χ3v) is 3.84. The Morgan fingerprint density at radius 2 is 2.05 bits per heavy atom. The normalized spacial score (nSPS) is 10.8. The van der Waals surface area contributed by atoms with Crippen molar-refractivity contribution >= 4 is 38.5 Å². The van der Waals surface area contributed by atoms with Crippen molar-refractivity contribution in [1.29, 1.82) is 0 Å². The quantitative estimate of drug-likeness (QED) is 0.740. The molecule has 0 atom stereocenters. The maximum Gasteiger partial charge on any atom is 0.291 e. The number of amides is 1. The van der Waals surface area contributed by atoms with Gasteiger partial charge in [-0.1, -0.05) is 24.3 Å². The van der Waals surface area contributed by atoms with E-state index in [1.165, 1.54) is 0 Å². The molecule has 0 spiro atoms. The first-order chi connectivity index (χ1) is 10.7. The van der Waals surface area contributed by atoms with Crippen LogP contribution < -0.4 is 5.32 Å². The van der Waals surface area contributed by atoms with Gasteiger partial charge in [-0.05, 0) is 45.8 Å². The van der Waals surface area contributed by atoms with Gasteiger partial charge in [0.25, 0.3) is 5.91 Å². The average Bonchev–Trinajstić information content (AvgIpc) is 2.94. The molecule has 0 aliphatic carbocycles. The number of ether oxygens (including phenoxy) is 1. The van der Waals surface area contributed by atoms with E-state index in [-0.39, 0.29) is 11.7 Å². The van der Waals surface area contributed by atoms with E-state index >= 15 is 0 Å². The smallest absolute Gasteiger partial charge is 0.291 e. The number of para-hydroxylation sites is 1. The van der Waals surface area contributed by atoms with Crippen molar-refractivity contribution in [1.82, 2.24) is 0 Å². The molecule has 0 unspecified atom stereocenters. The molecule has 1 amide bonds. The van der Waals surface area contributed by atoms with Crippen LogP contribution in [0.25, 0.3) is 11.0 Å². The lowest BCUT2D eigenvalue weighted by Gasteiger charge is -2.05. The van der Waals surface area contributed by atoms with Crippen molar-refractivity contribution in [2.45, 2.75) is 6.61 Å². The molecule has 5 heteroatoms. The lowest BCUT2D eigenvalue weighted by atomic mass is 10.2. The van der Waals surface area contributed by atoms with E-state index in [9.17, 15) is 4.79 Å². The topological polar surface area (TPSA) is 51.5 Å². The van der Waals surface area contributed by atoms with Gasteiger partial charge in [-0.3, -0.25) is 4.79 Å². The van der Waals surface area contributed by atoms with E-state index in [4.69, 9.17) is 9.15 Å². The first kappa shape index (κ1) is 14.8. The van der Waals surface area contributed by atoms with Gasteiger partial charge in [-0.25, -0.2) is 0 Å². The highest BCUT2D eigenvalue weighted by molar-refractivity contribution is 9.10. The Bertz CT molecular complexity index is 826. The Balaban J connectivity index is 1.84. The maximum atomic E-state index is 12.3. The predicted octanol–water partition coefficient (Wildman–Crippen LogP) is 4.59. The number of fused-ring (bicyclic) bond motifs is 1. The molecule has 0 aliphatic rings. The fraction of sp³-hybridized carbons (Fsp3) is 0.118. The van der Waals surface area contributed by atoms with Crippen molar-refractivity contribution < 1.29 is 13.9 Å². The van der Waals surface area contributed by atoms with Crippen LogP contribution in [-0.2, 0) is 11.3 Å². The monoisotopic (exact) mass is 359 g/mol. The molecule has 2 aromatic carbocycles. The van der Waals surface area contributed by atoms with Crippen LogP contribution in [-0.4, -0.2) is 13.0 Å². The minimum absolute atomic E-state index is 0.277. The summed E-state index contributed by atoms with van der Waals surface area (Å²) >= 11 is 3.41. The minimum Gasteiger partial charge on any atom is -0.450 e. The summed E-state index contributed by atoms with van der Waals surface area (Å²) in [5, 5.41) is 3.72. The Morgan fingerprint density at radius 1 is 1.23 bits per heavy atom. The third-order valence-electron chi connectivity index (χ3n) is 3.22. The number of nitrogens with one attached hydrogen (secondary N) is 1. The van der Waals surface area contributed by atoms with Crippen LogP contribution >= 0.6 is 15.9 Å². The highest BCUT2D eigenvalue weighted by Crippen LogP contribution is 2.27. The van der Waals surface area contributed by atoms with Gasteiger partial charge in [-0.15, -0.1) is 0 Å². The van der Waals surface area contributed by atoms with Gasteiger partial charge in [0.2, 0.25) is 0 Å². The molecule has 0 saturated carbocycles. The van der Waals surface area contributed by atoms with Crippen LogP contribution in [0, 0.1) is 0 Å². The van der Waals surface area contributed by atoms with E-state index < -0.39 is 0 Å². The van der Waals surface area contributed by atoms with E-state index in [1.807, 2.05) is 42.5 Å². The zero-order valence-corrected chi connectivity index (χ0v) is 13.5. The molecule has 1 N–H and O–H groups in total. The predicted molar refractivity (Wildman–Crippen MR) is 89.0 cm³/mol. The summed E-state index contributed by atoms with van der Waals surface area (Å²) in [7, 11) is 1.64. The molecule has 0 radical (unpaired) electrons. The molecule has 0 bridgehead atoms. The van der Waals surface area contributed by atoms with E-state index in [0.29, 0.717) is 17.9 Å². The first-order valence-corrected chi connectivity index (χ1v) is 7.54. The second kappa shape index (κ2) is 6.34. The fourth-order valence-corrected chi connectivity index (χ4v) is 2.70. The van der Waals surface area contributed by atoms with Crippen molar-refractivity contribution in [3.63, 3.8) is 0 Å². The van der Waals surface area contributed by atoms with Crippen molar-refractivity contribution in [3.8, 4) is 0 Å². The van der Waals surface area contributed by atoms with Crippen LogP contribution in [0.3, 0.4) is 0 Å². The van der Waals surface area contributed by atoms with Gasteiger partial charge in [0, 0.05) is 18.2 Å². The number of rotatable bonds is 4. The Labute approximate surface area is 136 Å². The van der Waals surface area contributed by atoms with Crippen molar-refractivity contribution in [2.75, 3.05) is 12.4 Å². The molecule has 0 saturated heterocycles. The second-order valence-corrected chi connectivity index (χ2v) is 5.71. The number of benzene rings is 2. The molecule has 4 nitrogen and oxygen atoms in total. The molecule has 1 aromatic heterocycles. The van der Waals surface area contributed by atoms with Crippen LogP contribution in [0.15, 0.2) is 57.4 Å². The summed E-state index contributed by atoms with van der Waals surface area (Å²) in [5.74, 6) is -0.00304. The van der Waals surface area contributed by atoms with Crippen LogP contribution in [0.1, 0.15) is 16.1 Å². The molecule has 0 fully saturated rings. The summed E-state index contributed by atoms with van der Waals surface area (Å²) in [4.78, 5) is 12.3. The van der Waals surface area contributed by atoms with E-state index in [1.54, 1.807) is 13.2 Å². The summed E-state index contributed by atoms with van der Waals surface area (Å²) < 4.78 is 11.5. The zero-order chi connectivity index (χ0) is 15.5. The number of methoxy groups -OCH3 is 1. The van der Waals surface area contributed by atoms with Crippen LogP contribution in [0.2, 0.25) is 0 Å². The Hall–Kier alpha value is -2.11. The van der Waals surface area contributed by atoms with Gasteiger partial charge in [0.1, 0.15) is 5.58 Å². The van der Waals surface area contributed by atoms with Crippen LogP contribution in [0.4, 0.5) is 5.69 Å².